The molecule has 120 valence electrons. The molecule has 2 aromatic rings. The number of nitrogens with one attached hydrogen (secondary N) is 1. The van der Waals surface area contributed by atoms with Crippen molar-refractivity contribution in [3.8, 4) is 5.75 Å². The summed E-state index contributed by atoms with van der Waals surface area (Å²) in [7, 11) is 3.72. The summed E-state index contributed by atoms with van der Waals surface area (Å²) in [4.78, 5) is 20.1. The second-order valence-corrected chi connectivity index (χ2v) is 6.56. The van der Waals surface area contributed by atoms with E-state index < -0.39 is 0 Å². The maximum Gasteiger partial charge on any atom is 0.250 e. The first-order chi connectivity index (χ1) is 11.1. The highest BCUT2D eigenvalue weighted by Gasteiger charge is 2.18. The van der Waals surface area contributed by atoms with E-state index in [0.717, 1.165) is 36.5 Å². The zero-order valence-electron chi connectivity index (χ0n) is 13.2. The van der Waals surface area contributed by atoms with E-state index in [4.69, 9.17) is 4.74 Å². The topological polar surface area (TPSA) is 54.5 Å². The van der Waals surface area contributed by atoms with Crippen LogP contribution in [0.25, 0.3) is 6.08 Å². The van der Waals surface area contributed by atoms with E-state index in [1.165, 1.54) is 11.0 Å². The Morgan fingerprint density at radius 1 is 1.48 bits per heavy atom. The van der Waals surface area contributed by atoms with Crippen LogP contribution in [-0.4, -0.2) is 36.5 Å². The molecule has 0 aliphatic carbocycles. The fraction of sp³-hybridized carbons (Fsp3) is 0.294. The highest BCUT2D eigenvalue weighted by molar-refractivity contribution is 7.15. The van der Waals surface area contributed by atoms with E-state index in [9.17, 15) is 4.79 Å². The molecule has 0 bridgehead atoms. The minimum absolute atomic E-state index is 0.174. The van der Waals surface area contributed by atoms with Gasteiger partial charge in [-0.1, -0.05) is 12.1 Å². The zero-order chi connectivity index (χ0) is 16.2. The monoisotopic (exact) mass is 329 g/mol. The van der Waals surface area contributed by atoms with E-state index in [2.05, 4.69) is 22.2 Å². The van der Waals surface area contributed by atoms with Gasteiger partial charge in [0.1, 0.15) is 5.75 Å². The minimum atomic E-state index is -0.174. The zero-order valence-corrected chi connectivity index (χ0v) is 14.0. The van der Waals surface area contributed by atoms with Crippen molar-refractivity contribution >= 4 is 28.5 Å². The number of amides is 1. The van der Waals surface area contributed by atoms with Crippen molar-refractivity contribution < 1.29 is 9.53 Å². The molecule has 23 heavy (non-hydrogen) atoms. The van der Waals surface area contributed by atoms with Crippen LogP contribution in [0.15, 0.2) is 30.3 Å². The smallest absolute Gasteiger partial charge is 0.250 e. The second kappa shape index (κ2) is 6.93. The van der Waals surface area contributed by atoms with Crippen LogP contribution in [-0.2, 0) is 17.8 Å². The molecule has 5 nitrogen and oxygen atoms in total. The van der Waals surface area contributed by atoms with Gasteiger partial charge < -0.3 is 9.64 Å². The Labute approximate surface area is 139 Å². The summed E-state index contributed by atoms with van der Waals surface area (Å²) in [5, 5.41) is 3.52. The fourth-order valence-corrected chi connectivity index (χ4v) is 3.53. The third-order valence-electron chi connectivity index (χ3n) is 3.67. The maximum absolute atomic E-state index is 12.0. The molecular weight excluding hydrogens is 310 g/mol. The Kier molecular flexibility index (Phi) is 4.73. The third kappa shape index (κ3) is 3.97. The number of ether oxygens (including phenoxy) is 1. The molecule has 0 spiro atoms. The van der Waals surface area contributed by atoms with E-state index in [-0.39, 0.29) is 5.91 Å². The lowest BCUT2D eigenvalue weighted by atomic mass is 10.2. The number of benzene rings is 1. The molecule has 3 rings (SSSR count). The minimum Gasteiger partial charge on any atom is -0.497 e. The fourth-order valence-electron chi connectivity index (χ4n) is 2.44. The lowest BCUT2D eigenvalue weighted by molar-refractivity contribution is -0.111. The summed E-state index contributed by atoms with van der Waals surface area (Å²) in [6.45, 7) is 1.92. The second-order valence-electron chi connectivity index (χ2n) is 5.48. The summed E-state index contributed by atoms with van der Waals surface area (Å²) < 4.78 is 5.17. The Balaban J connectivity index is 1.64. The van der Waals surface area contributed by atoms with Crippen LogP contribution >= 0.6 is 11.3 Å². The quantitative estimate of drug-likeness (QED) is 0.877. The number of anilines is 1. The van der Waals surface area contributed by atoms with Crippen molar-refractivity contribution in [3.63, 3.8) is 0 Å². The van der Waals surface area contributed by atoms with Crippen LogP contribution in [0, 0.1) is 0 Å². The summed E-state index contributed by atoms with van der Waals surface area (Å²) in [5.74, 6) is 0.594. The van der Waals surface area contributed by atoms with Gasteiger partial charge in [0.25, 0.3) is 0 Å². The van der Waals surface area contributed by atoms with Crippen molar-refractivity contribution in [3.05, 3.63) is 46.5 Å². The highest BCUT2D eigenvalue weighted by atomic mass is 32.1. The molecular formula is C17H19N3O2S. The molecule has 1 aliphatic rings. The van der Waals surface area contributed by atoms with Gasteiger partial charge in [0, 0.05) is 30.5 Å². The number of carbonyl (C=O) groups excluding carboxylic acids is 1. The summed E-state index contributed by atoms with van der Waals surface area (Å²) in [6, 6.07) is 7.56. The molecule has 1 aliphatic heterocycles. The Morgan fingerprint density at radius 2 is 2.35 bits per heavy atom. The molecule has 0 fully saturated rings. The molecule has 0 atom stereocenters. The van der Waals surface area contributed by atoms with Crippen molar-refractivity contribution in [2.75, 3.05) is 26.0 Å². The number of hydrogen-bond donors (Lipinski definition) is 1. The lowest BCUT2D eigenvalue weighted by Crippen LogP contribution is -2.25. The van der Waals surface area contributed by atoms with Gasteiger partial charge in [0.2, 0.25) is 5.91 Å². The van der Waals surface area contributed by atoms with Gasteiger partial charge in [0.15, 0.2) is 5.13 Å². The first-order valence-corrected chi connectivity index (χ1v) is 8.26. The van der Waals surface area contributed by atoms with Crippen LogP contribution in [0.3, 0.4) is 0 Å². The molecule has 1 aromatic carbocycles. The number of methoxy groups -OCH3 is 1. The number of fused-ring (bicyclic) bond motifs is 1. The van der Waals surface area contributed by atoms with Gasteiger partial charge in [-0.25, -0.2) is 4.98 Å². The first-order valence-electron chi connectivity index (χ1n) is 7.44. The standard InChI is InChI=1S/C17H19N3O2S/c1-20-9-8-14-15(11-20)23-17(18-14)19-16(21)7-6-12-4-3-5-13(10-12)22-2/h3-7,10H,8-9,11H2,1-2H3,(H,18,19,21)/b7-6+. The van der Waals surface area contributed by atoms with Gasteiger partial charge in [0.05, 0.1) is 12.8 Å². The SMILES string of the molecule is COc1cccc(/C=C/C(=O)Nc2nc3c(s2)CN(C)CC3)c1. The Bertz CT molecular complexity index is 739. The number of thiazole rings is 1. The van der Waals surface area contributed by atoms with Crippen molar-refractivity contribution in [1.82, 2.24) is 9.88 Å². The maximum atomic E-state index is 12.0. The van der Waals surface area contributed by atoms with E-state index in [1.54, 1.807) is 24.5 Å². The van der Waals surface area contributed by atoms with E-state index in [0.29, 0.717) is 5.13 Å². The van der Waals surface area contributed by atoms with Crippen LogP contribution < -0.4 is 10.1 Å². The lowest BCUT2D eigenvalue weighted by Gasteiger charge is -2.20. The van der Waals surface area contributed by atoms with Crippen LogP contribution in [0.1, 0.15) is 16.1 Å². The average molecular weight is 329 g/mol. The molecule has 0 saturated carbocycles. The summed E-state index contributed by atoms with van der Waals surface area (Å²) in [6.07, 6.45) is 4.22. The van der Waals surface area contributed by atoms with Crippen molar-refractivity contribution in [1.29, 1.82) is 0 Å². The highest BCUT2D eigenvalue weighted by Crippen LogP contribution is 2.27. The van der Waals surface area contributed by atoms with E-state index in [1.807, 2.05) is 24.3 Å². The molecule has 0 radical (unpaired) electrons. The Hall–Kier alpha value is -2.18. The normalized spacial score (nSPS) is 14.7. The van der Waals surface area contributed by atoms with Gasteiger partial charge in [-0.2, -0.15) is 0 Å². The largest absolute Gasteiger partial charge is 0.497 e. The van der Waals surface area contributed by atoms with Crippen LogP contribution in [0.4, 0.5) is 5.13 Å². The van der Waals surface area contributed by atoms with Crippen LogP contribution in [0.2, 0.25) is 0 Å². The molecule has 0 unspecified atom stereocenters. The number of aromatic nitrogens is 1. The summed E-state index contributed by atoms with van der Waals surface area (Å²) in [5.41, 5.74) is 2.03. The van der Waals surface area contributed by atoms with Gasteiger partial charge in [-0.3, -0.25) is 10.1 Å². The molecule has 2 heterocycles. The van der Waals surface area contributed by atoms with Gasteiger partial charge in [-0.15, -0.1) is 11.3 Å². The van der Waals surface area contributed by atoms with Crippen molar-refractivity contribution in [2.45, 2.75) is 13.0 Å². The van der Waals surface area contributed by atoms with E-state index >= 15 is 0 Å². The number of rotatable bonds is 4. The number of nitrogens with zero attached hydrogens (tertiary/aromatic N) is 2. The third-order valence-corrected chi connectivity index (χ3v) is 4.67. The van der Waals surface area contributed by atoms with Gasteiger partial charge in [-0.05, 0) is 30.8 Å². The van der Waals surface area contributed by atoms with Crippen molar-refractivity contribution in [2.24, 2.45) is 0 Å². The predicted octanol–water partition coefficient (Wildman–Crippen LogP) is 2.79. The number of hydrogen-bond acceptors (Lipinski definition) is 5. The van der Waals surface area contributed by atoms with Crippen LogP contribution in [0.5, 0.6) is 5.75 Å². The predicted molar refractivity (Wildman–Crippen MR) is 92.8 cm³/mol. The molecule has 1 N–H and O–H groups in total. The Morgan fingerprint density at radius 3 is 3.17 bits per heavy atom. The molecule has 0 saturated heterocycles. The first kappa shape index (κ1) is 15.7. The van der Waals surface area contributed by atoms with Gasteiger partial charge >= 0.3 is 0 Å². The molecule has 1 aromatic heterocycles. The number of carbonyl (C=O) groups is 1. The molecule has 1 amide bonds. The molecule has 6 heteroatoms. The summed E-state index contributed by atoms with van der Waals surface area (Å²) >= 11 is 1.56. The average Bonchev–Trinajstić information content (AvgIpc) is 2.94. The number of likely N-dealkylation sites (N-methyl/N-ethyl adjacent to an activating group) is 1.